The average Bonchev–Trinajstić information content (AvgIpc) is 3.11. The number of thiazole rings is 1. The zero-order valence-corrected chi connectivity index (χ0v) is 22.4. The Hall–Kier alpha value is -1.79. The van der Waals surface area contributed by atoms with Crippen LogP contribution in [0.25, 0.3) is 10.2 Å². The van der Waals surface area contributed by atoms with Crippen molar-refractivity contribution in [3.05, 3.63) is 28.8 Å². The van der Waals surface area contributed by atoms with E-state index >= 15 is 0 Å². The number of ether oxygens (including phenoxy) is 1. The molecule has 1 aromatic heterocycles. The number of nitrogens with zero attached hydrogens (tertiary/aromatic N) is 1. The summed E-state index contributed by atoms with van der Waals surface area (Å²) in [5.41, 5.74) is 1.15. The second kappa shape index (κ2) is 9.34. The third-order valence-corrected chi connectivity index (χ3v) is 9.43. The fourth-order valence-electron chi connectivity index (χ4n) is 5.61. The topological polar surface area (TPSA) is 71.6 Å². The van der Waals surface area contributed by atoms with Crippen LogP contribution in [0.1, 0.15) is 96.1 Å². The maximum absolute atomic E-state index is 12.8. The molecular weight excluding hydrogens is 444 g/mol. The van der Waals surface area contributed by atoms with Gasteiger partial charge in [0.25, 0.3) is 0 Å². The predicted octanol–water partition coefficient (Wildman–Crippen LogP) is 6.33. The van der Waals surface area contributed by atoms with Gasteiger partial charge in [-0.15, -0.1) is 11.3 Å². The molecule has 0 radical (unpaired) electrons. The van der Waals surface area contributed by atoms with Crippen molar-refractivity contribution in [2.45, 2.75) is 104 Å². The number of aromatic nitrogens is 1. The quantitative estimate of drug-likeness (QED) is 0.480. The van der Waals surface area contributed by atoms with Crippen LogP contribution in [0.3, 0.4) is 0 Å². The van der Waals surface area contributed by atoms with Crippen molar-refractivity contribution in [1.82, 2.24) is 10.3 Å². The van der Waals surface area contributed by atoms with Crippen LogP contribution in [-0.2, 0) is 14.3 Å². The van der Waals surface area contributed by atoms with Gasteiger partial charge in [-0.25, -0.2) is 4.98 Å². The minimum absolute atomic E-state index is 0.00266. The van der Waals surface area contributed by atoms with E-state index in [1.54, 1.807) is 11.3 Å². The van der Waals surface area contributed by atoms with Gasteiger partial charge in [0.15, 0.2) is 0 Å². The molecule has 3 heterocycles. The number of fused-ring (bicyclic) bond motifs is 2. The highest BCUT2D eigenvalue weighted by molar-refractivity contribution is 7.18. The minimum Gasteiger partial charge on any atom is -0.362 e. The van der Waals surface area contributed by atoms with Crippen LogP contribution in [0, 0.1) is 18.3 Å². The summed E-state index contributed by atoms with van der Waals surface area (Å²) in [5.74, 6) is 0.820. The second-order valence-electron chi connectivity index (χ2n) is 11.6. The maximum Gasteiger partial charge on any atom is 0.220 e. The monoisotopic (exact) mass is 484 g/mol. The van der Waals surface area contributed by atoms with Gasteiger partial charge in [0.05, 0.1) is 20.8 Å². The predicted molar refractivity (Wildman–Crippen MR) is 138 cm³/mol. The first-order valence-corrected chi connectivity index (χ1v) is 13.6. The van der Waals surface area contributed by atoms with Gasteiger partial charge < -0.3 is 10.1 Å². The SMILES string of the molecule is Cc1nc2cc(C3CNC(=O)CCC(C)(C)C(=O)CCC(C)CCCC4(C)OC34C)ccc2s1. The van der Waals surface area contributed by atoms with E-state index in [0.717, 1.165) is 41.8 Å². The van der Waals surface area contributed by atoms with Crippen LogP contribution >= 0.6 is 11.3 Å². The van der Waals surface area contributed by atoms with Crippen LogP contribution in [-0.4, -0.2) is 34.4 Å². The van der Waals surface area contributed by atoms with Crippen molar-refractivity contribution in [2.24, 2.45) is 11.3 Å². The summed E-state index contributed by atoms with van der Waals surface area (Å²) in [4.78, 5) is 30.4. The van der Waals surface area contributed by atoms with Gasteiger partial charge in [-0.05, 0) is 63.6 Å². The van der Waals surface area contributed by atoms with Gasteiger partial charge in [-0.3, -0.25) is 9.59 Å². The van der Waals surface area contributed by atoms with Gasteiger partial charge >= 0.3 is 0 Å². The molecule has 4 rings (SSSR count). The van der Waals surface area contributed by atoms with Crippen molar-refractivity contribution < 1.29 is 14.3 Å². The molecule has 0 spiro atoms. The zero-order valence-electron chi connectivity index (χ0n) is 21.6. The van der Waals surface area contributed by atoms with E-state index in [9.17, 15) is 9.59 Å². The first kappa shape index (κ1) is 25.3. The number of amides is 1. The smallest absolute Gasteiger partial charge is 0.220 e. The Balaban J connectivity index is 1.60. The van der Waals surface area contributed by atoms with Crippen LogP contribution in [0.5, 0.6) is 0 Å². The molecule has 5 nitrogen and oxygen atoms in total. The summed E-state index contributed by atoms with van der Waals surface area (Å²) in [6.07, 6.45) is 5.62. The van der Waals surface area contributed by atoms with Crippen molar-refractivity contribution in [2.75, 3.05) is 6.54 Å². The van der Waals surface area contributed by atoms with E-state index in [2.05, 4.69) is 44.3 Å². The lowest BCUT2D eigenvalue weighted by molar-refractivity contribution is -0.128. The van der Waals surface area contributed by atoms with Crippen LogP contribution in [0.2, 0.25) is 0 Å². The highest BCUT2D eigenvalue weighted by Gasteiger charge is 2.66. The Morgan fingerprint density at radius 1 is 1.09 bits per heavy atom. The molecule has 2 aliphatic heterocycles. The second-order valence-corrected chi connectivity index (χ2v) is 12.8. The number of carbonyl (C=O) groups excluding carboxylic acids is 2. The largest absolute Gasteiger partial charge is 0.362 e. The number of epoxide rings is 1. The molecule has 6 heteroatoms. The summed E-state index contributed by atoms with van der Waals surface area (Å²) in [6, 6.07) is 6.49. The molecule has 1 amide bonds. The van der Waals surface area contributed by atoms with Gasteiger partial charge in [0.1, 0.15) is 11.4 Å². The zero-order chi connectivity index (χ0) is 24.7. The number of hydrogen-bond donors (Lipinski definition) is 1. The van der Waals surface area contributed by atoms with E-state index in [4.69, 9.17) is 9.72 Å². The molecule has 0 bridgehead atoms. The first-order chi connectivity index (χ1) is 15.9. The Kier molecular flexibility index (Phi) is 6.96. The highest BCUT2D eigenvalue weighted by Crippen LogP contribution is 2.58. The number of Topliss-reactive ketones (excluding diaryl/α,β-unsaturated/α-hetero) is 1. The summed E-state index contributed by atoms with van der Waals surface area (Å²) >= 11 is 1.70. The maximum atomic E-state index is 12.8. The molecule has 2 saturated heterocycles. The van der Waals surface area contributed by atoms with Gasteiger partial charge in [0, 0.05) is 30.7 Å². The lowest BCUT2D eigenvalue weighted by Crippen LogP contribution is -2.38. The number of rotatable bonds is 1. The third-order valence-electron chi connectivity index (χ3n) is 8.48. The number of ketones is 1. The fourth-order valence-corrected chi connectivity index (χ4v) is 6.41. The lowest BCUT2D eigenvalue weighted by atomic mass is 9.76. The highest BCUT2D eigenvalue weighted by atomic mass is 32.1. The van der Waals surface area contributed by atoms with Crippen molar-refractivity contribution in [3.8, 4) is 0 Å². The number of carbonyl (C=O) groups is 2. The number of hydrogen-bond acceptors (Lipinski definition) is 5. The van der Waals surface area contributed by atoms with Crippen molar-refractivity contribution >= 4 is 33.2 Å². The Bertz CT molecular complexity index is 1080. The molecule has 1 aromatic carbocycles. The molecule has 2 aromatic rings. The van der Waals surface area contributed by atoms with Crippen LogP contribution < -0.4 is 5.32 Å². The van der Waals surface area contributed by atoms with E-state index in [1.807, 2.05) is 20.8 Å². The van der Waals surface area contributed by atoms with Gasteiger partial charge in [-0.2, -0.15) is 0 Å². The van der Waals surface area contributed by atoms with Crippen LogP contribution in [0.4, 0.5) is 0 Å². The molecule has 4 atom stereocenters. The number of aryl methyl sites for hydroxylation is 1. The Morgan fingerprint density at radius 3 is 2.62 bits per heavy atom. The number of benzene rings is 1. The van der Waals surface area contributed by atoms with E-state index in [-0.39, 0.29) is 28.8 Å². The standard InChI is InChI=1S/C28H40N2O3S/c1-18-8-7-14-27(5)28(6,33-27)21(20-10-11-23-22(16-20)30-19(2)34-23)17-29-25(32)13-15-26(3,4)24(31)12-9-18/h10-11,16,18,21H,7-9,12-15,17H2,1-6H3,(H,29,32). The molecular formula is C28H40N2O3S. The number of nitrogens with one attached hydrogen (secondary N) is 1. The van der Waals surface area contributed by atoms with Gasteiger partial charge in [0.2, 0.25) is 5.91 Å². The van der Waals surface area contributed by atoms with Crippen molar-refractivity contribution in [3.63, 3.8) is 0 Å². The van der Waals surface area contributed by atoms with E-state index in [1.165, 1.54) is 4.70 Å². The first-order valence-electron chi connectivity index (χ1n) is 12.8. The Morgan fingerprint density at radius 2 is 1.85 bits per heavy atom. The van der Waals surface area contributed by atoms with Crippen molar-refractivity contribution in [1.29, 1.82) is 0 Å². The molecule has 34 heavy (non-hydrogen) atoms. The van der Waals surface area contributed by atoms with Crippen LogP contribution in [0.15, 0.2) is 18.2 Å². The minimum atomic E-state index is -0.467. The lowest BCUT2D eigenvalue weighted by Gasteiger charge is -2.27. The summed E-state index contributed by atoms with van der Waals surface area (Å²) in [5, 5.41) is 4.24. The molecule has 0 aliphatic carbocycles. The average molecular weight is 485 g/mol. The molecule has 2 aliphatic rings. The fraction of sp³-hybridized carbons (Fsp3) is 0.679. The summed E-state index contributed by atoms with van der Waals surface area (Å²) < 4.78 is 7.68. The molecule has 2 fully saturated rings. The molecule has 4 unspecified atom stereocenters. The summed E-state index contributed by atoms with van der Waals surface area (Å²) in [6.45, 7) is 13.2. The normalized spacial score (nSPS) is 33.4. The molecule has 1 N–H and O–H groups in total. The molecule has 186 valence electrons. The van der Waals surface area contributed by atoms with Gasteiger partial charge in [-0.1, -0.05) is 39.7 Å². The third kappa shape index (κ3) is 5.08. The summed E-state index contributed by atoms with van der Waals surface area (Å²) in [7, 11) is 0. The Labute approximate surface area is 208 Å². The van der Waals surface area contributed by atoms with E-state index in [0.29, 0.717) is 31.7 Å². The molecule has 0 saturated carbocycles. The van der Waals surface area contributed by atoms with E-state index < -0.39 is 5.41 Å².